The van der Waals surface area contributed by atoms with Gasteiger partial charge < -0.3 is 13.9 Å². The number of ketones is 1. The Balaban J connectivity index is 1.47. The average molecular weight is 422 g/mol. The van der Waals surface area contributed by atoms with Crippen LogP contribution in [0.15, 0.2) is 71.1 Å². The molecule has 0 saturated heterocycles. The van der Waals surface area contributed by atoms with Gasteiger partial charge in [-0.1, -0.05) is 30.3 Å². The molecule has 0 aliphatic rings. The highest BCUT2D eigenvalue weighted by Gasteiger charge is 2.18. The monoisotopic (exact) mass is 422 g/mol. The number of furan rings is 1. The topological polar surface area (TPSA) is 107 Å². The van der Waals surface area contributed by atoms with Gasteiger partial charge in [-0.15, -0.1) is 0 Å². The van der Waals surface area contributed by atoms with Crippen molar-refractivity contribution in [2.24, 2.45) is 0 Å². The lowest BCUT2D eigenvalue weighted by molar-refractivity contribution is -0.128. The maximum atomic E-state index is 12.2. The van der Waals surface area contributed by atoms with E-state index in [1.165, 1.54) is 19.9 Å². The van der Waals surface area contributed by atoms with Gasteiger partial charge in [-0.05, 0) is 50.2 Å². The highest BCUT2D eigenvalue weighted by molar-refractivity contribution is 5.94. The smallest absolute Gasteiger partial charge is 0.305 e. The largest absolute Gasteiger partial charge is 0.486 e. The molecule has 2 N–H and O–H groups in total. The molecule has 31 heavy (non-hydrogen) atoms. The summed E-state index contributed by atoms with van der Waals surface area (Å²) in [7, 11) is 0. The van der Waals surface area contributed by atoms with Gasteiger partial charge in [0.1, 0.15) is 23.9 Å². The van der Waals surface area contributed by atoms with E-state index < -0.39 is 17.9 Å². The Hall–Kier alpha value is -4.07. The highest BCUT2D eigenvalue weighted by atomic mass is 16.5. The fraction of sp³-hybridized carbons (Fsp3) is 0.174. The second-order valence-corrected chi connectivity index (χ2v) is 6.66. The van der Waals surface area contributed by atoms with Crippen molar-refractivity contribution >= 4 is 17.6 Å². The Labute approximate surface area is 179 Å². The molecule has 0 fully saturated rings. The summed E-state index contributed by atoms with van der Waals surface area (Å²) in [4.78, 5) is 35.8. The van der Waals surface area contributed by atoms with Crippen molar-refractivity contribution < 1.29 is 28.3 Å². The fourth-order valence-electron chi connectivity index (χ4n) is 2.58. The van der Waals surface area contributed by atoms with Crippen molar-refractivity contribution in [1.82, 2.24) is 10.9 Å². The Morgan fingerprint density at radius 1 is 0.935 bits per heavy atom. The van der Waals surface area contributed by atoms with Gasteiger partial charge in [0.05, 0.1) is 0 Å². The molecule has 1 aromatic heterocycles. The first-order valence-corrected chi connectivity index (χ1v) is 9.57. The number of benzene rings is 2. The Morgan fingerprint density at radius 2 is 1.68 bits per heavy atom. The quantitative estimate of drug-likeness (QED) is 0.426. The van der Waals surface area contributed by atoms with Crippen LogP contribution in [0.2, 0.25) is 0 Å². The Bertz CT molecular complexity index is 1060. The molecule has 0 saturated carbocycles. The van der Waals surface area contributed by atoms with Crippen LogP contribution in [0.3, 0.4) is 0 Å². The van der Waals surface area contributed by atoms with Crippen LogP contribution in [0.1, 0.15) is 40.5 Å². The first-order chi connectivity index (χ1) is 14.9. The number of Topliss-reactive ketones (excluding diaryl/α,β-unsaturated/α-hetero) is 1. The molecule has 2 aromatic carbocycles. The van der Waals surface area contributed by atoms with Crippen molar-refractivity contribution in [2.45, 2.75) is 26.6 Å². The predicted molar refractivity (Wildman–Crippen MR) is 112 cm³/mol. The van der Waals surface area contributed by atoms with E-state index in [1.807, 2.05) is 30.3 Å². The molecule has 0 aliphatic heterocycles. The van der Waals surface area contributed by atoms with Crippen LogP contribution in [-0.4, -0.2) is 23.7 Å². The minimum Gasteiger partial charge on any atom is -0.486 e. The summed E-state index contributed by atoms with van der Waals surface area (Å²) in [6.45, 7) is 3.13. The first-order valence-electron chi connectivity index (χ1n) is 9.57. The van der Waals surface area contributed by atoms with Crippen molar-refractivity contribution in [2.75, 3.05) is 0 Å². The number of hydrogen-bond donors (Lipinski definition) is 2. The maximum Gasteiger partial charge on any atom is 0.305 e. The molecule has 1 unspecified atom stereocenters. The van der Waals surface area contributed by atoms with E-state index in [4.69, 9.17) is 13.9 Å². The maximum absolute atomic E-state index is 12.2. The summed E-state index contributed by atoms with van der Waals surface area (Å²) in [5.41, 5.74) is 5.03. The molecule has 1 heterocycles. The number of hydrazine groups is 1. The van der Waals surface area contributed by atoms with Crippen LogP contribution >= 0.6 is 0 Å². The van der Waals surface area contributed by atoms with Gasteiger partial charge in [0.2, 0.25) is 0 Å². The van der Waals surface area contributed by atoms with Gasteiger partial charge in [0.15, 0.2) is 17.6 Å². The summed E-state index contributed by atoms with van der Waals surface area (Å²) in [5.74, 6) is 0.237. The van der Waals surface area contributed by atoms with Gasteiger partial charge in [-0.25, -0.2) is 0 Å². The number of para-hydroxylation sites is 1. The highest BCUT2D eigenvalue weighted by Crippen LogP contribution is 2.16. The zero-order valence-corrected chi connectivity index (χ0v) is 17.1. The standard InChI is InChI=1S/C23H22N2O6/c1-15(26)17-7-6-10-19(13-17)30-16(2)22(27)24-25-23(28)21-12-11-20(31-21)14-29-18-8-4-3-5-9-18/h3-13,16H,14H2,1-2H3,(H,24,27)(H,25,28). The minimum atomic E-state index is -0.908. The van der Waals surface area contributed by atoms with Crippen LogP contribution < -0.4 is 20.3 Å². The van der Waals surface area contributed by atoms with Crippen molar-refractivity contribution in [3.05, 3.63) is 83.8 Å². The van der Waals surface area contributed by atoms with Crippen LogP contribution in [0.4, 0.5) is 0 Å². The number of carbonyl (C=O) groups is 3. The normalized spacial score (nSPS) is 11.3. The summed E-state index contributed by atoms with van der Waals surface area (Å²) in [5, 5.41) is 0. The van der Waals surface area contributed by atoms with Crippen molar-refractivity contribution in [3.8, 4) is 11.5 Å². The van der Waals surface area contributed by atoms with Crippen LogP contribution in [0.25, 0.3) is 0 Å². The third-order valence-corrected chi connectivity index (χ3v) is 4.23. The lowest BCUT2D eigenvalue weighted by atomic mass is 10.1. The number of amides is 2. The second-order valence-electron chi connectivity index (χ2n) is 6.66. The molecule has 3 rings (SSSR count). The molecule has 0 aliphatic carbocycles. The molecule has 3 aromatic rings. The molecule has 1 atom stereocenters. The van der Waals surface area contributed by atoms with Gasteiger partial charge in [-0.2, -0.15) is 0 Å². The van der Waals surface area contributed by atoms with E-state index in [-0.39, 0.29) is 18.2 Å². The Morgan fingerprint density at radius 3 is 2.42 bits per heavy atom. The lowest BCUT2D eigenvalue weighted by Crippen LogP contribution is -2.47. The minimum absolute atomic E-state index is 0.0229. The Kier molecular flexibility index (Phi) is 7.05. The number of nitrogens with one attached hydrogen (secondary N) is 2. The molecule has 0 bridgehead atoms. The third-order valence-electron chi connectivity index (χ3n) is 4.23. The summed E-state index contributed by atoms with van der Waals surface area (Å²) >= 11 is 0. The van der Waals surface area contributed by atoms with E-state index in [2.05, 4.69) is 10.9 Å². The van der Waals surface area contributed by atoms with Crippen molar-refractivity contribution in [1.29, 1.82) is 0 Å². The average Bonchev–Trinajstić information content (AvgIpc) is 3.26. The molecule has 8 heteroatoms. The number of rotatable bonds is 8. The predicted octanol–water partition coefficient (Wildman–Crippen LogP) is 3.29. The van der Waals surface area contributed by atoms with E-state index in [1.54, 1.807) is 30.3 Å². The molecule has 0 spiro atoms. The van der Waals surface area contributed by atoms with E-state index in [0.717, 1.165) is 0 Å². The molecule has 8 nitrogen and oxygen atoms in total. The van der Waals surface area contributed by atoms with E-state index >= 15 is 0 Å². The van der Waals surface area contributed by atoms with Crippen LogP contribution in [-0.2, 0) is 11.4 Å². The summed E-state index contributed by atoms with van der Waals surface area (Å²) in [6, 6.07) is 18.8. The first kappa shape index (κ1) is 21.6. The molecular formula is C23H22N2O6. The van der Waals surface area contributed by atoms with Crippen LogP contribution in [0.5, 0.6) is 11.5 Å². The zero-order chi connectivity index (χ0) is 22.2. The van der Waals surface area contributed by atoms with Crippen LogP contribution in [0, 0.1) is 0 Å². The number of hydrogen-bond acceptors (Lipinski definition) is 6. The molecule has 160 valence electrons. The zero-order valence-electron chi connectivity index (χ0n) is 17.1. The summed E-state index contributed by atoms with van der Waals surface area (Å²) < 4.78 is 16.5. The molecule has 2 amide bonds. The van der Waals surface area contributed by atoms with Crippen molar-refractivity contribution in [3.63, 3.8) is 0 Å². The van der Waals surface area contributed by atoms with Gasteiger partial charge in [0.25, 0.3) is 5.91 Å². The fourth-order valence-corrected chi connectivity index (χ4v) is 2.58. The van der Waals surface area contributed by atoms with Gasteiger partial charge in [-0.3, -0.25) is 25.2 Å². The number of carbonyl (C=O) groups excluding carboxylic acids is 3. The molecule has 0 radical (unpaired) electrons. The van der Waals surface area contributed by atoms with E-state index in [0.29, 0.717) is 22.8 Å². The SMILES string of the molecule is CC(=O)c1cccc(OC(C)C(=O)NNC(=O)c2ccc(COc3ccccc3)o2)c1. The molecular weight excluding hydrogens is 400 g/mol. The van der Waals surface area contributed by atoms with Gasteiger partial charge in [0, 0.05) is 5.56 Å². The van der Waals surface area contributed by atoms with Gasteiger partial charge >= 0.3 is 5.91 Å². The second kappa shape index (κ2) is 10.1. The van der Waals surface area contributed by atoms with E-state index in [9.17, 15) is 14.4 Å². The number of ether oxygens (including phenoxy) is 2. The third kappa shape index (κ3) is 6.20. The lowest BCUT2D eigenvalue weighted by Gasteiger charge is -2.15. The summed E-state index contributed by atoms with van der Waals surface area (Å²) in [6.07, 6.45) is -0.908.